The Labute approximate surface area is 113 Å². The molecular weight excluding hydrogens is 238 g/mol. The molecule has 0 unspecified atom stereocenters. The molecule has 19 heavy (non-hydrogen) atoms. The number of carbonyl (C=O) groups is 1. The minimum atomic E-state index is -0.219. The van der Waals surface area contributed by atoms with E-state index >= 15 is 0 Å². The van der Waals surface area contributed by atoms with Gasteiger partial charge in [-0.25, -0.2) is 0 Å². The molecule has 0 aliphatic rings. The van der Waals surface area contributed by atoms with Crippen LogP contribution in [0.25, 0.3) is 0 Å². The summed E-state index contributed by atoms with van der Waals surface area (Å²) in [5.74, 6) is -0.201. The fraction of sp³-hybridized carbons (Fsp3) is 0.188. The molecule has 1 N–H and O–H groups in total. The highest BCUT2D eigenvalue weighted by molar-refractivity contribution is 6.07. The fourth-order valence-corrected chi connectivity index (χ4v) is 1.96. The Balaban J connectivity index is 2.33. The van der Waals surface area contributed by atoms with Crippen LogP contribution in [0, 0.1) is 13.8 Å². The third-order valence-corrected chi connectivity index (χ3v) is 3.08. The highest BCUT2D eigenvalue weighted by Gasteiger charge is 2.17. The maximum absolute atomic E-state index is 12.4. The number of phenolic OH excluding ortho intramolecular Hbond substituents is 1. The van der Waals surface area contributed by atoms with Crippen molar-refractivity contribution in [2.75, 3.05) is 11.9 Å². The van der Waals surface area contributed by atoms with Crippen LogP contribution in [0.4, 0.5) is 5.69 Å². The molecule has 3 heteroatoms. The third kappa shape index (κ3) is 2.76. The van der Waals surface area contributed by atoms with Gasteiger partial charge in [-0.1, -0.05) is 18.2 Å². The van der Waals surface area contributed by atoms with Crippen LogP contribution >= 0.6 is 0 Å². The van der Waals surface area contributed by atoms with E-state index in [9.17, 15) is 9.90 Å². The molecule has 2 rings (SSSR count). The second kappa shape index (κ2) is 5.14. The average Bonchev–Trinajstić information content (AvgIpc) is 2.37. The molecule has 0 atom stereocenters. The molecule has 1 amide bonds. The molecule has 98 valence electrons. The molecule has 2 aromatic rings. The third-order valence-electron chi connectivity index (χ3n) is 3.08. The first kappa shape index (κ1) is 13.1. The number of hydrogen-bond donors (Lipinski definition) is 1. The number of rotatable bonds is 2. The molecule has 0 aromatic heterocycles. The molecule has 0 bridgehead atoms. The van der Waals surface area contributed by atoms with Crippen molar-refractivity contribution >= 4 is 11.6 Å². The van der Waals surface area contributed by atoms with Gasteiger partial charge < -0.3 is 10.0 Å². The summed E-state index contributed by atoms with van der Waals surface area (Å²) in [7, 11) is 1.70. The van der Waals surface area contributed by atoms with Gasteiger partial charge in [0.25, 0.3) is 5.91 Å². The van der Waals surface area contributed by atoms with E-state index < -0.39 is 0 Å². The van der Waals surface area contributed by atoms with Crippen LogP contribution < -0.4 is 4.90 Å². The minimum absolute atomic E-state index is 0.0181. The second-order valence-electron chi connectivity index (χ2n) is 4.72. The van der Waals surface area contributed by atoms with Crippen LogP contribution in [0.5, 0.6) is 5.75 Å². The number of nitrogens with zero attached hydrogens (tertiary/aromatic N) is 1. The van der Waals surface area contributed by atoms with Gasteiger partial charge in [0.05, 0.1) is 5.56 Å². The van der Waals surface area contributed by atoms with Crippen molar-refractivity contribution in [2.24, 2.45) is 0 Å². The Bertz CT molecular complexity index is 620. The first-order valence-corrected chi connectivity index (χ1v) is 6.13. The first-order chi connectivity index (χ1) is 8.99. The lowest BCUT2D eigenvalue weighted by atomic mass is 10.1. The van der Waals surface area contributed by atoms with Crippen molar-refractivity contribution in [1.82, 2.24) is 0 Å². The topological polar surface area (TPSA) is 40.5 Å². The molecule has 0 saturated carbocycles. The van der Waals surface area contributed by atoms with Crippen molar-refractivity contribution in [1.29, 1.82) is 0 Å². The molecule has 0 spiro atoms. The number of benzene rings is 2. The Hall–Kier alpha value is -2.29. The Morgan fingerprint density at radius 3 is 2.37 bits per heavy atom. The minimum Gasteiger partial charge on any atom is -0.507 e. The Morgan fingerprint density at radius 1 is 1.05 bits per heavy atom. The molecule has 0 fully saturated rings. The maximum atomic E-state index is 12.4. The van der Waals surface area contributed by atoms with E-state index in [1.165, 1.54) is 4.90 Å². The predicted octanol–water partition coefficient (Wildman–Crippen LogP) is 3.29. The highest BCUT2D eigenvalue weighted by atomic mass is 16.3. The van der Waals surface area contributed by atoms with Crippen LogP contribution in [0.1, 0.15) is 21.5 Å². The molecule has 0 heterocycles. The van der Waals surface area contributed by atoms with Gasteiger partial charge in [-0.2, -0.15) is 0 Å². The average molecular weight is 255 g/mol. The summed E-state index contributed by atoms with van der Waals surface area (Å²) in [5.41, 5.74) is 3.14. The van der Waals surface area contributed by atoms with Crippen LogP contribution in [-0.4, -0.2) is 18.1 Å². The summed E-state index contributed by atoms with van der Waals surface area (Å²) in [4.78, 5) is 13.9. The summed E-state index contributed by atoms with van der Waals surface area (Å²) in [5, 5.41) is 9.86. The lowest BCUT2D eigenvalue weighted by molar-refractivity contribution is 0.0990. The molecule has 0 saturated heterocycles. The number of hydrogen-bond acceptors (Lipinski definition) is 2. The van der Waals surface area contributed by atoms with Gasteiger partial charge >= 0.3 is 0 Å². The molecular formula is C16H17NO2. The van der Waals surface area contributed by atoms with Crippen molar-refractivity contribution in [3.63, 3.8) is 0 Å². The molecule has 0 aliphatic heterocycles. The quantitative estimate of drug-likeness (QED) is 0.894. The second-order valence-corrected chi connectivity index (χ2v) is 4.72. The molecule has 3 nitrogen and oxygen atoms in total. The number of aryl methyl sites for hydroxylation is 2. The van der Waals surface area contributed by atoms with Crippen LogP contribution in [0.15, 0.2) is 42.5 Å². The molecule has 2 aromatic carbocycles. The van der Waals surface area contributed by atoms with Crippen molar-refractivity contribution in [2.45, 2.75) is 13.8 Å². The van der Waals surface area contributed by atoms with E-state index in [1.54, 1.807) is 19.2 Å². The zero-order valence-electron chi connectivity index (χ0n) is 11.3. The largest absolute Gasteiger partial charge is 0.507 e. The van der Waals surface area contributed by atoms with E-state index in [0.717, 1.165) is 16.8 Å². The van der Waals surface area contributed by atoms with Gasteiger partial charge in [0, 0.05) is 12.7 Å². The van der Waals surface area contributed by atoms with Crippen molar-refractivity contribution in [3.05, 3.63) is 59.2 Å². The number of anilines is 1. The van der Waals surface area contributed by atoms with Gasteiger partial charge in [0.15, 0.2) is 0 Å². The summed E-state index contributed by atoms with van der Waals surface area (Å²) in [6.07, 6.45) is 0. The summed E-state index contributed by atoms with van der Waals surface area (Å²) >= 11 is 0. The normalized spacial score (nSPS) is 10.3. The van der Waals surface area contributed by atoms with Gasteiger partial charge in [0.2, 0.25) is 0 Å². The van der Waals surface area contributed by atoms with Gasteiger partial charge in [-0.05, 0) is 49.2 Å². The smallest absolute Gasteiger partial charge is 0.261 e. The molecule has 0 aliphatic carbocycles. The number of phenols is 1. The van der Waals surface area contributed by atoms with Gasteiger partial charge in [-0.15, -0.1) is 0 Å². The van der Waals surface area contributed by atoms with Gasteiger partial charge in [0.1, 0.15) is 5.75 Å². The van der Waals surface area contributed by atoms with Crippen molar-refractivity contribution in [3.8, 4) is 5.75 Å². The zero-order valence-corrected chi connectivity index (χ0v) is 11.3. The van der Waals surface area contributed by atoms with Crippen LogP contribution in [0.2, 0.25) is 0 Å². The van der Waals surface area contributed by atoms with E-state index in [2.05, 4.69) is 0 Å². The zero-order chi connectivity index (χ0) is 14.0. The van der Waals surface area contributed by atoms with Crippen LogP contribution in [-0.2, 0) is 0 Å². The SMILES string of the molecule is Cc1cccc(N(C)C(=O)c2ccc(C)cc2O)c1. The van der Waals surface area contributed by atoms with Crippen molar-refractivity contribution < 1.29 is 9.90 Å². The summed E-state index contributed by atoms with van der Waals surface area (Å²) in [6.45, 7) is 3.85. The number of aromatic hydroxyl groups is 1. The highest BCUT2D eigenvalue weighted by Crippen LogP contribution is 2.23. The van der Waals surface area contributed by atoms with Crippen LogP contribution in [0.3, 0.4) is 0 Å². The van der Waals surface area contributed by atoms with Gasteiger partial charge in [-0.3, -0.25) is 4.79 Å². The molecule has 0 radical (unpaired) electrons. The predicted molar refractivity (Wildman–Crippen MR) is 76.8 cm³/mol. The number of amides is 1. The van der Waals surface area contributed by atoms with E-state index in [1.807, 2.05) is 44.2 Å². The first-order valence-electron chi connectivity index (χ1n) is 6.13. The van der Waals surface area contributed by atoms with E-state index in [4.69, 9.17) is 0 Å². The monoisotopic (exact) mass is 255 g/mol. The lowest BCUT2D eigenvalue weighted by Gasteiger charge is -2.18. The fourth-order valence-electron chi connectivity index (χ4n) is 1.96. The van der Waals surface area contributed by atoms with E-state index in [-0.39, 0.29) is 11.7 Å². The maximum Gasteiger partial charge on any atom is 0.261 e. The van der Waals surface area contributed by atoms with E-state index in [0.29, 0.717) is 5.56 Å². The Kier molecular flexibility index (Phi) is 3.56. The summed E-state index contributed by atoms with van der Waals surface area (Å²) in [6, 6.07) is 12.8. The summed E-state index contributed by atoms with van der Waals surface area (Å²) < 4.78 is 0. The Morgan fingerprint density at radius 2 is 1.74 bits per heavy atom. The number of carbonyl (C=O) groups excluding carboxylic acids is 1. The standard InChI is InChI=1S/C16H17NO2/c1-11-5-4-6-13(9-11)17(3)16(19)14-8-7-12(2)10-15(14)18/h4-10,18H,1-3H3. The lowest BCUT2D eigenvalue weighted by Crippen LogP contribution is -2.26.